The van der Waals surface area contributed by atoms with Gasteiger partial charge in [-0.3, -0.25) is 4.79 Å². The molecule has 3 N–H and O–H groups in total. The summed E-state index contributed by atoms with van der Waals surface area (Å²) in [6.07, 6.45) is -0.345. The van der Waals surface area contributed by atoms with Crippen LogP contribution in [0, 0.1) is 5.82 Å². The second-order valence-electron chi connectivity index (χ2n) is 4.32. The Balaban J connectivity index is 0.00000242. The van der Waals surface area contributed by atoms with Crippen molar-refractivity contribution in [3.05, 3.63) is 51.7 Å². The summed E-state index contributed by atoms with van der Waals surface area (Å²) in [4.78, 5) is 16.1. The van der Waals surface area contributed by atoms with Gasteiger partial charge in [-0.25, -0.2) is 9.37 Å². The number of methoxy groups -OCH3 is 1. The number of carbonyl (C=O) groups excluding carboxylic acids is 1. The average Bonchev–Trinajstić information content (AvgIpc) is 2.98. The van der Waals surface area contributed by atoms with Crippen molar-refractivity contribution in [1.82, 2.24) is 10.3 Å². The Morgan fingerprint density at radius 2 is 2.14 bits per heavy atom. The van der Waals surface area contributed by atoms with Gasteiger partial charge in [0.05, 0.1) is 6.10 Å². The molecule has 2 rings (SSSR count). The van der Waals surface area contributed by atoms with Crippen LogP contribution < -0.4 is 11.1 Å². The number of benzene rings is 1. The van der Waals surface area contributed by atoms with Gasteiger partial charge in [0.15, 0.2) is 0 Å². The fourth-order valence-electron chi connectivity index (χ4n) is 1.80. The van der Waals surface area contributed by atoms with Crippen LogP contribution in [0.25, 0.3) is 0 Å². The molecule has 0 saturated carbocycles. The van der Waals surface area contributed by atoms with E-state index >= 15 is 0 Å². The number of hydrogen-bond donors (Lipinski definition) is 2. The van der Waals surface area contributed by atoms with Crippen molar-refractivity contribution in [1.29, 1.82) is 0 Å². The van der Waals surface area contributed by atoms with Crippen molar-refractivity contribution in [3.8, 4) is 0 Å². The first-order valence-electron chi connectivity index (χ1n) is 6.35. The van der Waals surface area contributed by atoms with E-state index < -0.39 is 0 Å². The molecule has 1 aromatic heterocycles. The standard InChI is InChI=1S/C14H16FN3O2S.ClH/c1-20-12(9-2-4-10(15)5-3-9)7-17-14(19)11-8-21-13(6-16)18-11;/h2-5,8,12H,6-7,16H2,1H3,(H,17,19);1H. The van der Waals surface area contributed by atoms with Crippen LogP contribution in [0.3, 0.4) is 0 Å². The van der Waals surface area contributed by atoms with E-state index in [9.17, 15) is 9.18 Å². The molecule has 5 nitrogen and oxygen atoms in total. The summed E-state index contributed by atoms with van der Waals surface area (Å²) < 4.78 is 18.2. The predicted octanol–water partition coefficient (Wildman–Crippen LogP) is 2.28. The number of ether oxygens (including phenoxy) is 1. The normalized spacial score (nSPS) is 11.6. The summed E-state index contributed by atoms with van der Waals surface area (Å²) in [7, 11) is 1.54. The minimum Gasteiger partial charge on any atom is -0.375 e. The molecule has 0 radical (unpaired) electrons. The molecule has 0 aliphatic carbocycles. The minimum atomic E-state index is -0.345. The third kappa shape index (κ3) is 4.74. The lowest BCUT2D eigenvalue weighted by Crippen LogP contribution is -2.29. The molecule has 0 bridgehead atoms. The molecule has 1 atom stereocenters. The number of amides is 1. The van der Waals surface area contributed by atoms with Crippen LogP contribution in [-0.2, 0) is 11.3 Å². The van der Waals surface area contributed by atoms with Crippen molar-refractivity contribution in [2.24, 2.45) is 5.73 Å². The SMILES string of the molecule is COC(CNC(=O)c1csc(CN)n1)c1ccc(F)cc1.Cl. The number of aromatic nitrogens is 1. The summed E-state index contributed by atoms with van der Waals surface area (Å²) in [5, 5.41) is 5.12. The number of thiazole rings is 1. The summed E-state index contributed by atoms with van der Waals surface area (Å²) in [6.45, 7) is 0.588. The van der Waals surface area contributed by atoms with E-state index in [2.05, 4.69) is 10.3 Å². The van der Waals surface area contributed by atoms with Crippen LogP contribution in [-0.4, -0.2) is 24.5 Å². The van der Waals surface area contributed by atoms with E-state index in [1.165, 1.54) is 30.6 Å². The number of carbonyl (C=O) groups is 1. The van der Waals surface area contributed by atoms with Gasteiger partial charge in [0.25, 0.3) is 5.91 Å². The molecule has 0 fully saturated rings. The zero-order valence-corrected chi connectivity index (χ0v) is 13.5. The second-order valence-corrected chi connectivity index (χ2v) is 5.26. The van der Waals surface area contributed by atoms with Gasteiger partial charge in [-0.15, -0.1) is 23.7 Å². The number of nitrogens with one attached hydrogen (secondary N) is 1. The fourth-order valence-corrected chi connectivity index (χ4v) is 2.45. The number of halogens is 2. The van der Waals surface area contributed by atoms with Crippen LogP contribution >= 0.6 is 23.7 Å². The maximum absolute atomic E-state index is 12.9. The van der Waals surface area contributed by atoms with Gasteiger partial charge in [-0.2, -0.15) is 0 Å². The van der Waals surface area contributed by atoms with Crippen LogP contribution in [0.2, 0.25) is 0 Å². The molecule has 2 aromatic rings. The number of rotatable bonds is 6. The smallest absolute Gasteiger partial charge is 0.270 e. The average molecular weight is 346 g/mol. The highest BCUT2D eigenvalue weighted by Gasteiger charge is 2.15. The van der Waals surface area contributed by atoms with Crippen molar-refractivity contribution < 1.29 is 13.9 Å². The van der Waals surface area contributed by atoms with Gasteiger partial charge in [0.2, 0.25) is 0 Å². The quantitative estimate of drug-likeness (QED) is 0.842. The largest absolute Gasteiger partial charge is 0.375 e. The number of hydrogen-bond acceptors (Lipinski definition) is 5. The maximum Gasteiger partial charge on any atom is 0.270 e. The van der Waals surface area contributed by atoms with Crippen LogP contribution in [0.15, 0.2) is 29.6 Å². The van der Waals surface area contributed by atoms with Crippen LogP contribution in [0.4, 0.5) is 4.39 Å². The van der Waals surface area contributed by atoms with Crippen molar-refractivity contribution in [3.63, 3.8) is 0 Å². The molecular formula is C14H17ClFN3O2S. The molecule has 0 aliphatic rings. The van der Waals surface area contributed by atoms with Crippen LogP contribution in [0.1, 0.15) is 27.2 Å². The highest BCUT2D eigenvalue weighted by molar-refractivity contribution is 7.09. The Labute approximate surface area is 138 Å². The van der Waals surface area contributed by atoms with E-state index in [-0.39, 0.29) is 36.8 Å². The maximum atomic E-state index is 12.9. The highest BCUT2D eigenvalue weighted by atomic mass is 35.5. The van der Waals surface area contributed by atoms with E-state index in [1.807, 2.05) is 0 Å². The summed E-state index contributed by atoms with van der Waals surface area (Å²) in [5.41, 5.74) is 6.59. The Morgan fingerprint density at radius 1 is 1.45 bits per heavy atom. The number of nitrogens with two attached hydrogens (primary N) is 1. The first-order chi connectivity index (χ1) is 10.1. The lowest BCUT2D eigenvalue weighted by molar-refractivity contribution is 0.0824. The first-order valence-corrected chi connectivity index (χ1v) is 7.23. The van der Waals surface area contributed by atoms with E-state index in [0.717, 1.165) is 5.56 Å². The van der Waals surface area contributed by atoms with Gasteiger partial charge >= 0.3 is 0 Å². The Hall–Kier alpha value is -1.54. The molecule has 1 heterocycles. The van der Waals surface area contributed by atoms with E-state index in [1.54, 1.807) is 17.5 Å². The third-order valence-electron chi connectivity index (χ3n) is 2.93. The molecule has 1 unspecified atom stereocenters. The molecule has 0 saturated heterocycles. The van der Waals surface area contributed by atoms with Gasteiger partial charge in [-0.05, 0) is 17.7 Å². The molecule has 1 amide bonds. The molecule has 0 aliphatic heterocycles. The lowest BCUT2D eigenvalue weighted by atomic mass is 10.1. The molecule has 1 aromatic carbocycles. The minimum absolute atomic E-state index is 0. The summed E-state index contributed by atoms with van der Waals surface area (Å²) >= 11 is 1.35. The zero-order valence-electron chi connectivity index (χ0n) is 11.9. The highest BCUT2D eigenvalue weighted by Crippen LogP contribution is 2.16. The monoisotopic (exact) mass is 345 g/mol. The van der Waals surface area contributed by atoms with Crippen molar-refractivity contribution in [2.45, 2.75) is 12.6 Å². The topological polar surface area (TPSA) is 77.2 Å². The Morgan fingerprint density at radius 3 is 2.68 bits per heavy atom. The molecule has 8 heteroatoms. The lowest BCUT2D eigenvalue weighted by Gasteiger charge is -2.16. The molecular weight excluding hydrogens is 329 g/mol. The predicted molar refractivity (Wildman–Crippen MR) is 85.7 cm³/mol. The van der Waals surface area contributed by atoms with Crippen LogP contribution in [0.5, 0.6) is 0 Å². The van der Waals surface area contributed by atoms with Crippen molar-refractivity contribution in [2.75, 3.05) is 13.7 Å². The first kappa shape index (κ1) is 18.5. The molecule has 22 heavy (non-hydrogen) atoms. The van der Waals surface area contributed by atoms with Gasteiger partial charge in [-0.1, -0.05) is 12.1 Å². The zero-order chi connectivity index (χ0) is 15.2. The summed E-state index contributed by atoms with van der Waals surface area (Å²) in [6, 6.07) is 5.98. The van der Waals surface area contributed by atoms with Crippen molar-refractivity contribution >= 4 is 29.7 Å². The Kier molecular flexibility index (Phi) is 7.40. The number of nitrogens with zero attached hydrogens (tertiary/aromatic N) is 1. The van der Waals surface area contributed by atoms with Gasteiger partial charge in [0.1, 0.15) is 16.5 Å². The summed E-state index contributed by atoms with van der Waals surface area (Å²) in [5.74, 6) is -0.593. The van der Waals surface area contributed by atoms with Gasteiger partial charge < -0.3 is 15.8 Å². The Bertz CT molecular complexity index is 606. The second kappa shape index (κ2) is 8.79. The molecule has 0 spiro atoms. The van der Waals surface area contributed by atoms with E-state index in [0.29, 0.717) is 17.2 Å². The van der Waals surface area contributed by atoms with E-state index in [4.69, 9.17) is 10.5 Å². The third-order valence-corrected chi connectivity index (χ3v) is 3.80. The fraction of sp³-hybridized carbons (Fsp3) is 0.286. The van der Waals surface area contributed by atoms with Gasteiger partial charge in [0, 0.05) is 25.6 Å². The molecule has 120 valence electrons.